The van der Waals surface area contributed by atoms with Crippen LogP contribution in [0.15, 0.2) is 0 Å². The molecule has 0 N–H and O–H groups in total. The van der Waals surface area contributed by atoms with Gasteiger partial charge in [0.15, 0.2) is 11.5 Å². The molecule has 0 radical (unpaired) electrons. The number of hydrogen-bond acceptors (Lipinski definition) is 5. The predicted molar refractivity (Wildman–Crippen MR) is 70.5 cm³/mol. The monoisotopic (exact) mass is 278 g/mol. The van der Waals surface area contributed by atoms with Crippen molar-refractivity contribution in [1.82, 2.24) is 9.78 Å². The zero-order valence-electron chi connectivity index (χ0n) is 12.1. The zero-order valence-corrected chi connectivity index (χ0v) is 12.1. The molecule has 0 amide bonds. The molecule has 1 aromatic rings. The van der Waals surface area contributed by atoms with Gasteiger partial charge in [0.05, 0.1) is 12.5 Å². The van der Waals surface area contributed by atoms with Crippen molar-refractivity contribution in [3.63, 3.8) is 0 Å². The molecule has 20 heavy (non-hydrogen) atoms. The molecule has 2 rings (SSSR count). The Bertz CT molecular complexity index is 586. The first-order valence-electron chi connectivity index (χ1n) is 6.56. The van der Waals surface area contributed by atoms with Gasteiger partial charge in [0, 0.05) is 12.6 Å². The summed E-state index contributed by atoms with van der Waals surface area (Å²) in [6.07, 6.45) is 1.13. The number of Topliss-reactive ketones (excluding diaryl/α,β-unsaturated/α-hetero) is 1. The van der Waals surface area contributed by atoms with E-state index < -0.39 is 17.3 Å². The molecule has 6 nitrogen and oxygen atoms in total. The molecule has 0 saturated carbocycles. The number of fused-ring (bicyclic) bond motifs is 1. The van der Waals surface area contributed by atoms with Crippen molar-refractivity contribution in [1.29, 1.82) is 0 Å². The topological polar surface area (TPSA) is 78.3 Å². The van der Waals surface area contributed by atoms with E-state index in [-0.39, 0.29) is 18.1 Å². The first-order chi connectivity index (χ1) is 9.33. The van der Waals surface area contributed by atoms with Crippen LogP contribution < -0.4 is 0 Å². The summed E-state index contributed by atoms with van der Waals surface area (Å²) in [5, 5.41) is 4.10. The highest BCUT2D eigenvalue weighted by Gasteiger charge is 2.45. The summed E-state index contributed by atoms with van der Waals surface area (Å²) >= 11 is 0. The molecule has 0 spiro atoms. The summed E-state index contributed by atoms with van der Waals surface area (Å²) < 4.78 is 6.34. The molecule has 1 unspecified atom stereocenters. The second-order valence-corrected chi connectivity index (χ2v) is 5.66. The number of hydrogen-bond donors (Lipinski definition) is 0. The van der Waals surface area contributed by atoms with Crippen LogP contribution in [-0.4, -0.2) is 34.4 Å². The van der Waals surface area contributed by atoms with E-state index in [1.54, 1.807) is 14.0 Å². The van der Waals surface area contributed by atoms with Gasteiger partial charge in [-0.1, -0.05) is 13.8 Å². The van der Waals surface area contributed by atoms with Crippen molar-refractivity contribution in [3.05, 3.63) is 17.0 Å². The van der Waals surface area contributed by atoms with Crippen molar-refractivity contribution in [2.75, 3.05) is 6.61 Å². The number of esters is 1. The second-order valence-electron chi connectivity index (χ2n) is 5.66. The lowest BCUT2D eigenvalue weighted by atomic mass is 9.68. The molecule has 0 fully saturated rings. The smallest absolute Gasteiger partial charge is 0.359 e. The number of nitrogens with zero attached hydrogens (tertiary/aromatic N) is 2. The van der Waals surface area contributed by atoms with Crippen LogP contribution in [0.4, 0.5) is 0 Å². The first-order valence-corrected chi connectivity index (χ1v) is 6.56. The Kier molecular flexibility index (Phi) is 3.50. The minimum Gasteiger partial charge on any atom is -0.461 e. The average molecular weight is 278 g/mol. The third-order valence-corrected chi connectivity index (χ3v) is 3.74. The maximum absolute atomic E-state index is 12.4. The number of ketones is 1. The van der Waals surface area contributed by atoms with Crippen LogP contribution in [0.3, 0.4) is 0 Å². The van der Waals surface area contributed by atoms with Gasteiger partial charge in [-0.25, -0.2) is 4.79 Å². The van der Waals surface area contributed by atoms with Crippen molar-refractivity contribution < 1.29 is 19.1 Å². The van der Waals surface area contributed by atoms with E-state index in [1.807, 2.05) is 13.8 Å². The van der Waals surface area contributed by atoms with Crippen LogP contribution in [0.2, 0.25) is 0 Å². The largest absolute Gasteiger partial charge is 0.461 e. The first kappa shape index (κ1) is 14.4. The molecule has 6 heteroatoms. The molecule has 0 aliphatic heterocycles. The third kappa shape index (κ3) is 2.05. The Morgan fingerprint density at radius 1 is 1.55 bits per heavy atom. The van der Waals surface area contributed by atoms with Crippen molar-refractivity contribution >= 4 is 18.0 Å². The van der Waals surface area contributed by atoms with Crippen LogP contribution in [0.1, 0.15) is 47.3 Å². The van der Waals surface area contributed by atoms with Gasteiger partial charge >= 0.3 is 5.97 Å². The fraction of sp³-hybridized carbons (Fsp3) is 0.571. The third-order valence-electron chi connectivity index (χ3n) is 3.74. The second kappa shape index (κ2) is 4.85. The summed E-state index contributed by atoms with van der Waals surface area (Å²) in [6.45, 7) is 5.65. The number of ether oxygens (including phenoxy) is 1. The van der Waals surface area contributed by atoms with E-state index in [4.69, 9.17) is 4.74 Å². The Morgan fingerprint density at radius 2 is 2.20 bits per heavy atom. The zero-order chi connectivity index (χ0) is 15.1. The van der Waals surface area contributed by atoms with Crippen molar-refractivity contribution in [2.24, 2.45) is 18.4 Å². The van der Waals surface area contributed by atoms with E-state index >= 15 is 0 Å². The Hall–Kier alpha value is -1.98. The number of carbonyl (C=O) groups excluding carboxylic acids is 3. The lowest BCUT2D eigenvalue weighted by molar-refractivity contribution is -0.112. The van der Waals surface area contributed by atoms with E-state index in [1.165, 1.54) is 4.68 Å². The van der Waals surface area contributed by atoms with Gasteiger partial charge in [0.1, 0.15) is 12.0 Å². The van der Waals surface area contributed by atoms with Gasteiger partial charge in [-0.2, -0.15) is 5.10 Å². The molecule has 0 aromatic carbocycles. The lowest BCUT2D eigenvalue weighted by Crippen LogP contribution is -2.40. The van der Waals surface area contributed by atoms with Crippen LogP contribution in [0, 0.1) is 11.3 Å². The average Bonchev–Trinajstić information content (AvgIpc) is 2.65. The minimum absolute atomic E-state index is 0.176. The van der Waals surface area contributed by atoms with E-state index in [0.29, 0.717) is 24.0 Å². The summed E-state index contributed by atoms with van der Waals surface area (Å²) in [5.41, 5.74) is 0.564. The fourth-order valence-electron chi connectivity index (χ4n) is 2.72. The van der Waals surface area contributed by atoms with Gasteiger partial charge < -0.3 is 9.53 Å². The maximum Gasteiger partial charge on any atom is 0.359 e. The molecule has 1 atom stereocenters. The van der Waals surface area contributed by atoms with Gasteiger partial charge in [0.2, 0.25) is 0 Å². The Labute approximate surface area is 117 Å². The highest BCUT2D eigenvalue weighted by atomic mass is 16.5. The SMILES string of the molecule is CCOC(=O)c1nn(C)c2c1CC(C)(C)C(C=O)C2=O. The van der Waals surface area contributed by atoms with Gasteiger partial charge in [0.25, 0.3) is 0 Å². The Morgan fingerprint density at radius 3 is 2.75 bits per heavy atom. The highest BCUT2D eigenvalue weighted by molar-refractivity contribution is 6.08. The molecule has 1 heterocycles. The number of aldehydes is 1. The molecular weight excluding hydrogens is 260 g/mol. The van der Waals surface area contributed by atoms with Gasteiger partial charge in [-0.3, -0.25) is 9.48 Å². The summed E-state index contributed by atoms with van der Waals surface area (Å²) in [6, 6.07) is 0. The van der Waals surface area contributed by atoms with E-state index in [2.05, 4.69) is 5.10 Å². The molecule has 1 aliphatic carbocycles. The van der Waals surface area contributed by atoms with Crippen LogP contribution in [0.25, 0.3) is 0 Å². The van der Waals surface area contributed by atoms with Crippen LogP contribution in [-0.2, 0) is 23.0 Å². The molecule has 0 bridgehead atoms. The summed E-state index contributed by atoms with van der Waals surface area (Å²) in [4.78, 5) is 35.6. The molecule has 1 aromatic heterocycles. The standard InChI is InChI=1S/C14H18N2O4/c1-5-20-13(19)10-8-6-14(2,3)9(7-17)12(18)11(8)16(4)15-10/h7,9H,5-6H2,1-4H3. The fourth-order valence-corrected chi connectivity index (χ4v) is 2.72. The lowest BCUT2D eigenvalue weighted by Gasteiger charge is -2.34. The number of rotatable bonds is 3. The Balaban J connectivity index is 2.57. The minimum atomic E-state index is -0.708. The molecule has 1 aliphatic rings. The van der Waals surface area contributed by atoms with Crippen LogP contribution in [0.5, 0.6) is 0 Å². The number of aryl methyl sites for hydroxylation is 1. The number of carbonyl (C=O) groups is 3. The van der Waals surface area contributed by atoms with Crippen molar-refractivity contribution in [2.45, 2.75) is 27.2 Å². The normalized spacial score (nSPS) is 20.4. The number of aromatic nitrogens is 2. The van der Waals surface area contributed by atoms with E-state index in [9.17, 15) is 14.4 Å². The van der Waals surface area contributed by atoms with Crippen molar-refractivity contribution in [3.8, 4) is 0 Å². The van der Waals surface area contributed by atoms with Gasteiger partial charge in [-0.05, 0) is 18.8 Å². The van der Waals surface area contributed by atoms with Crippen LogP contribution >= 0.6 is 0 Å². The summed E-state index contributed by atoms with van der Waals surface area (Å²) in [7, 11) is 1.60. The summed E-state index contributed by atoms with van der Waals surface area (Å²) in [5.74, 6) is -1.52. The molecular formula is C14H18N2O4. The quantitative estimate of drug-likeness (QED) is 0.471. The highest BCUT2D eigenvalue weighted by Crippen LogP contribution is 2.39. The van der Waals surface area contributed by atoms with Gasteiger partial charge in [-0.15, -0.1) is 0 Å². The molecule has 108 valence electrons. The maximum atomic E-state index is 12.4. The predicted octanol–water partition coefficient (Wildman–Crippen LogP) is 1.18. The van der Waals surface area contributed by atoms with E-state index in [0.717, 1.165) is 0 Å². The molecule has 0 saturated heterocycles.